The SMILES string of the molecule is CCN(CC)c1nc(C)nc2sc(C(=O)NCCCOC)c(C)c12. The van der Waals surface area contributed by atoms with Crippen molar-refractivity contribution in [1.29, 1.82) is 0 Å². The summed E-state index contributed by atoms with van der Waals surface area (Å²) in [7, 11) is 1.66. The van der Waals surface area contributed by atoms with Gasteiger partial charge in [-0.05, 0) is 39.7 Å². The summed E-state index contributed by atoms with van der Waals surface area (Å²) in [6, 6.07) is 0. The number of thiophene rings is 1. The summed E-state index contributed by atoms with van der Waals surface area (Å²) in [6.07, 6.45) is 0.801. The van der Waals surface area contributed by atoms with E-state index >= 15 is 0 Å². The minimum atomic E-state index is -0.0465. The topological polar surface area (TPSA) is 67.4 Å². The van der Waals surface area contributed by atoms with Gasteiger partial charge in [0.15, 0.2) is 0 Å². The van der Waals surface area contributed by atoms with Crippen molar-refractivity contribution in [3.05, 3.63) is 16.3 Å². The summed E-state index contributed by atoms with van der Waals surface area (Å²) >= 11 is 1.44. The van der Waals surface area contributed by atoms with E-state index in [4.69, 9.17) is 4.74 Å². The molecule has 2 aromatic rings. The van der Waals surface area contributed by atoms with Gasteiger partial charge in [0, 0.05) is 33.4 Å². The predicted octanol–water partition coefficient (Wildman–Crippen LogP) is 2.92. The molecule has 6 nitrogen and oxygen atoms in total. The van der Waals surface area contributed by atoms with Gasteiger partial charge in [-0.15, -0.1) is 11.3 Å². The first-order chi connectivity index (χ1) is 11.5. The third-order valence-electron chi connectivity index (χ3n) is 3.96. The quantitative estimate of drug-likeness (QED) is 0.742. The number of hydrogen-bond donors (Lipinski definition) is 1. The van der Waals surface area contributed by atoms with Crippen LogP contribution in [0.4, 0.5) is 5.82 Å². The molecule has 0 aliphatic heterocycles. The lowest BCUT2D eigenvalue weighted by Gasteiger charge is -2.21. The van der Waals surface area contributed by atoms with Gasteiger partial charge in [-0.3, -0.25) is 4.79 Å². The van der Waals surface area contributed by atoms with Crippen molar-refractivity contribution in [2.24, 2.45) is 0 Å². The molecule has 2 rings (SSSR count). The maximum Gasteiger partial charge on any atom is 0.261 e. The van der Waals surface area contributed by atoms with E-state index in [1.165, 1.54) is 11.3 Å². The van der Waals surface area contributed by atoms with Crippen LogP contribution in [0.25, 0.3) is 10.2 Å². The zero-order chi connectivity index (χ0) is 17.7. The largest absolute Gasteiger partial charge is 0.385 e. The lowest BCUT2D eigenvalue weighted by molar-refractivity contribution is 0.0952. The lowest BCUT2D eigenvalue weighted by Crippen LogP contribution is -2.25. The highest BCUT2D eigenvalue weighted by Crippen LogP contribution is 2.35. The van der Waals surface area contributed by atoms with Gasteiger partial charge in [0.2, 0.25) is 0 Å². The second-order valence-corrected chi connectivity index (χ2v) is 6.60. The number of nitrogens with zero attached hydrogens (tertiary/aromatic N) is 3. The Kier molecular flexibility index (Phi) is 6.51. The van der Waals surface area contributed by atoms with Gasteiger partial charge in [0.05, 0.1) is 10.3 Å². The molecule has 132 valence electrons. The van der Waals surface area contributed by atoms with Crippen LogP contribution in [0.5, 0.6) is 0 Å². The van der Waals surface area contributed by atoms with Crippen molar-refractivity contribution in [1.82, 2.24) is 15.3 Å². The van der Waals surface area contributed by atoms with E-state index in [-0.39, 0.29) is 5.91 Å². The Bertz CT molecular complexity index is 710. The average molecular weight is 350 g/mol. The van der Waals surface area contributed by atoms with Crippen LogP contribution in [0, 0.1) is 13.8 Å². The first-order valence-corrected chi connectivity index (χ1v) is 9.14. The van der Waals surface area contributed by atoms with Crippen LogP contribution < -0.4 is 10.2 Å². The van der Waals surface area contributed by atoms with E-state index < -0.39 is 0 Å². The summed E-state index contributed by atoms with van der Waals surface area (Å²) in [5.41, 5.74) is 0.959. The minimum absolute atomic E-state index is 0.0465. The Morgan fingerprint density at radius 3 is 2.58 bits per heavy atom. The molecule has 0 atom stereocenters. The fourth-order valence-corrected chi connectivity index (χ4v) is 3.83. The Hall–Kier alpha value is -1.73. The van der Waals surface area contributed by atoms with Gasteiger partial charge in [0.25, 0.3) is 5.91 Å². The van der Waals surface area contributed by atoms with Gasteiger partial charge in [-0.1, -0.05) is 0 Å². The molecule has 0 unspecified atom stereocenters. The number of anilines is 1. The highest BCUT2D eigenvalue weighted by Gasteiger charge is 2.21. The minimum Gasteiger partial charge on any atom is -0.385 e. The second-order valence-electron chi connectivity index (χ2n) is 5.61. The third-order valence-corrected chi connectivity index (χ3v) is 5.15. The van der Waals surface area contributed by atoms with Crippen molar-refractivity contribution < 1.29 is 9.53 Å². The molecule has 1 amide bonds. The number of carbonyl (C=O) groups is 1. The van der Waals surface area contributed by atoms with Crippen molar-refractivity contribution in [3.8, 4) is 0 Å². The molecule has 0 aliphatic carbocycles. The second kappa shape index (κ2) is 8.39. The molecule has 0 bridgehead atoms. The van der Waals surface area contributed by atoms with Crippen molar-refractivity contribution in [3.63, 3.8) is 0 Å². The molecule has 0 aromatic carbocycles. The molecular formula is C17H26N4O2S. The maximum atomic E-state index is 12.5. The normalized spacial score (nSPS) is 11.0. The zero-order valence-corrected chi connectivity index (χ0v) is 15.9. The summed E-state index contributed by atoms with van der Waals surface area (Å²) in [5, 5.41) is 3.95. The maximum absolute atomic E-state index is 12.5. The summed E-state index contributed by atoms with van der Waals surface area (Å²) in [6.45, 7) is 11.1. The molecule has 0 saturated carbocycles. The number of rotatable bonds is 8. The van der Waals surface area contributed by atoms with Crippen LogP contribution in [0.2, 0.25) is 0 Å². The molecule has 0 aliphatic rings. The molecule has 0 spiro atoms. The molecular weight excluding hydrogens is 324 g/mol. The Balaban J connectivity index is 2.38. The molecule has 2 aromatic heterocycles. The first kappa shape index (κ1) is 18.6. The van der Waals surface area contributed by atoms with E-state index in [9.17, 15) is 4.79 Å². The number of aryl methyl sites for hydroxylation is 2. The first-order valence-electron chi connectivity index (χ1n) is 8.33. The number of fused-ring (bicyclic) bond motifs is 1. The van der Waals surface area contributed by atoms with Crippen LogP contribution in [-0.4, -0.2) is 49.2 Å². The van der Waals surface area contributed by atoms with Crippen LogP contribution in [0.3, 0.4) is 0 Å². The molecule has 24 heavy (non-hydrogen) atoms. The van der Waals surface area contributed by atoms with Crippen molar-refractivity contribution in [2.75, 3.05) is 38.3 Å². The standard InChI is InChI=1S/C17H26N4O2S/c1-6-21(7-2)15-13-11(3)14(16(22)18-9-8-10-23-5)24-17(13)20-12(4)19-15/h6-10H2,1-5H3,(H,18,22). The molecule has 1 N–H and O–H groups in total. The number of methoxy groups -OCH3 is 1. The van der Waals surface area contributed by atoms with Crippen molar-refractivity contribution in [2.45, 2.75) is 34.1 Å². The van der Waals surface area contributed by atoms with Crippen LogP contribution in [0.15, 0.2) is 0 Å². The van der Waals surface area contributed by atoms with E-state index in [1.807, 2.05) is 13.8 Å². The average Bonchev–Trinajstić information content (AvgIpc) is 2.89. The van der Waals surface area contributed by atoms with E-state index in [0.29, 0.717) is 13.2 Å². The summed E-state index contributed by atoms with van der Waals surface area (Å²) in [5.74, 6) is 1.61. The van der Waals surface area contributed by atoms with Crippen LogP contribution in [0.1, 0.15) is 41.3 Å². The molecule has 7 heteroatoms. The fraction of sp³-hybridized carbons (Fsp3) is 0.588. The predicted molar refractivity (Wildman–Crippen MR) is 99.3 cm³/mol. The highest BCUT2D eigenvalue weighted by atomic mass is 32.1. The molecule has 0 saturated heterocycles. The number of nitrogens with one attached hydrogen (secondary N) is 1. The van der Waals surface area contributed by atoms with E-state index in [2.05, 4.69) is 34.0 Å². The van der Waals surface area contributed by atoms with E-state index in [1.54, 1.807) is 7.11 Å². The van der Waals surface area contributed by atoms with Crippen LogP contribution >= 0.6 is 11.3 Å². The molecule has 0 radical (unpaired) electrons. The van der Waals surface area contributed by atoms with Gasteiger partial charge in [-0.25, -0.2) is 9.97 Å². The fourth-order valence-electron chi connectivity index (χ4n) is 2.69. The number of aromatic nitrogens is 2. The Morgan fingerprint density at radius 1 is 1.25 bits per heavy atom. The van der Waals surface area contributed by atoms with Crippen molar-refractivity contribution >= 4 is 33.3 Å². The van der Waals surface area contributed by atoms with Crippen LogP contribution in [-0.2, 0) is 4.74 Å². The summed E-state index contributed by atoms with van der Waals surface area (Å²) < 4.78 is 5.01. The number of ether oxygens (including phenoxy) is 1. The smallest absolute Gasteiger partial charge is 0.261 e. The number of amides is 1. The molecule has 0 fully saturated rings. The van der Waals surface area contributed by atoms with Gasteiger partial charge >= 0.3 is 0 Å². The van der Waals surface area contributed by atoms with Gasteiger partial charge in [0.1, 0.15) is 16.5 Å². The zero-order valence-electron chi connectivity index (χ0n) is 15.1. The molecule has 2 heterocycles. The van der Waals surface area contributed by atoms with Gasteiger partial charge < -0.3 is 15.0 Å². The Labute approximate surface area is 147 Å². The van der Waals surface area contributed by atoms with Gasteiger partial charge in [-0.2, -0.15) is 0 Å². The monoisotopic (exact) mass is 350 g/mol. The highest BCUT2D eigenvalue weighted by molar-refractivity contribution is 7.20. The number of carbonyl (C=O) groups excluding carboxylic acids is 1. The van der Waals surface area contributed by atoms with E-state index in [0.717, 1.165) is 51.8 Å². The number of hydrogen-bond acceptors (Lipinski definition) is 6. The Morgan fingerprint density at radius 2 is 1.96 bits per heavy atom. The lowest BCUT2D eigenvalue weighted by atomic mass is 10.2. The third kappa shape index (κ3) is 3.84. The summed E-state index contributed by atoms with van der Waals surface area (Å²) in [4.78, 5) is 25.5.